The van der Waals surface area contributed by atoms with E-state index in [4.69, 9.17) is 0 Å². The van der Waals surface area contributed by atoms with Crippen molar-refractivity contribution in [3.8, 4) is 11.1 Å². The Morgan fingerprint density at radius 2 is 1.19 bits per heavy atom. The SMILES string of the molecule is CC1C=CC=CC1c1ccc(Nc2ccc(-c3ccccc3)cc2)cc1. The smallest absolute Gasteiger partial charge is 0.0384 e. The average molecular weight is 337 g/mol. The molecule has 1 aliphatic carbocycles. The van der Waals surface area contributed by atoms with Crippen LogP contribution < -0.4 is 5.32 Å². The second kappa shape index (κ2) is 7.45. The fourth-order valence-electron chi connectivity index (χ4n) is 3.46. The molecule has 0 radical (unpaired) electrons. The van der Waals surface area contributed by atoms with Crippen LogP contribution in [0.2, 0.25) is 0 Å². The maximum atomic E-state index is 3.49. The minimum Gasteiger partial charge on any atom is -0.356 e. The van der Waals surface area contributed by atoms with Crippen molar-refractivity contribution in [1.29, 1.82) is 0 Å². The Morgan fingerprint density at radius 3 is 1.85 bits per heavy atom. The van der Waals surface area contributed by atoms with E-state index in [1.54, 1.807) is 0 Å². The standard InChI is InChI=1S/C25H23N/c1-19-7-5-6-10-25(19)22-13-17-24(18-14-22)26-23-15-11-21(12-16-23)20-8-3-2-4-9-20/h2-19,25-26H,1H3. The van der Waals surface area contributed by atoms with Crippen LogP contribution in [-0.2, 0) is 0 Å². The van der Waals surface area contributed by atoms with E-state index in [1.807, 2.05) is 6.07 Å². The van der Waals surface area contributed by atoms with Crippen LogP contribution in [0.5, 0.6) is 0 Å². The maximum Gasteiger partial charge on any atom is 0.0384 e. The van der Waals surface area contributed by atoms with E-state index in [-0.39, 0.29) is 0 Å². The molecule has 0 aliphatic heterocycles. The van der Waals surface area contributed by atoms with E-state index < -0.39 is 0 Å². The molecular formula is C25H23N. The molecule has 128 valence electrons. The van der Waals surface area contributed by atoms with Crippen LogP contribution in [0.25, 0.3) is 11.1 Å². The molecule has 0 heterocycles. The van der Waals surface area contributed by atoms with E-state index in [2.05, 4.69) is 109 Å². The molecule has 0 saturated carbocycles. The fraction of sp³-hybridized carbons (Fsp3) is 0.120. The van der Waals surface area contributed by atoms with Crippen molar-refractivity contribution in [3.05, 3.63) is 109 Å². The van der Waals surface area contributed by atoms with Crippen LogP contribution in [0.1, 0.15) is 18.4 Å². The zero-order valence-electron chi connectivity index (χ0n) is 15.0. The van der Waals surface area contributed by atoms with Crippen LogP contribution in [0.4, 0.5) is 11.4 Å². The summed E-state index contributed by atoms with van der Waals surface area (Å²) in [6, 6.07) is 27.8. The van der Waals surface area contributed by atoms with Crippen LogP contribution in [0.15, 0.2) is 103 Å². The predicted octanol–water partition coefficient (Wildman–Crippen LogP) is 6.94. The zero-order valence-corrected chi connectivity index (χ0v) is 15.0. The van der Waals surface area contributed by atoms with Gasteiger partial charge in [-0.25, -0.2) is 0 Å². The quantitative estimate of drug-likeness (QED) is 0.543. The Balaban J connectivity index is 1.46. The van der Waals surface area contributed by atoms with Crippen LogP contribution in [0, 0.1) is 5.92 Å². The lowest BCUT2D eigenvalue weighted by atomic mass is 9.84. The van der Waals surface area contributed by atoms with Gasteiger partial charge in [0, 0.05) is 17.3 Å². The fourth-order valence-corrected chi connectivity index (χ4v) is 3.46. The molecule has 1 heteroatoms. The van der Waals surface area contributed by atoms with E-state index in [0.29, 0.717) is 11.8 Å². The lowest BCUT2D eigenvalue weighted by Crippen LogP contribution is -2.07. The van der Waals surface area contributed by atoms with Crippen molar-refractivity contribution < 1.29 is 0 Å². The van der Waals surface area contributed by atoms with Gasteiger partial charge in [0.15, 0.2) is 0 Å². The lowest BCUT2D eigenvalue weighted by molar-refractivity contribution is 0.635. The first kappa shape index (κ1) is 16.4. The van der Waals surface area contributed by atoms with E-state index in [9.17, 15) is 0 Å². The van der Waals surface area contributed by atoms with Gasteiger partial charge in [0.25, 0.3) is 0 Å². The number of anilines is 2. The van der Waals surface area contributed by atoms with Gasteiger partial charge in [0.1, 0.15) is 0 Å². The first-order chi connectivity index (χ1) is 12.8. The van der Waals surface area contributed by atoms with Gasteiger partial charge in [-0.1, -0.05) is 85.8 Å². The summed E-state index contributed by atoms with van der Waals surface area (Å²) in [5, 5.41) is 3.49. The zero-order chi connectivity index (χ0) is 17.8. The highest BCUT2D eigenvalue weighted by Gasteiger charge is 2.15. The summed E-state index contributed by atoms with van der Waals surface area (Å²) in [6.07, 6.45) is 8.84. The number of hydrogen-bond donors (Lipinski definition) is 1. The van der Waals surface area contributed by atoms with Crippen LogP contribution >= 0.6 is 0 Å². The Kier molecular flexibility index (Phi) is 4.70. The summed E-state index contributed by atoms with van der Waals surface area (Å²) in [7, 11) is 0. The summed E-state index contributed by atoms with van der Waals surface area (Å²) in [5.74, 6) is 1.02. The summed E-state index contributed by atoms with van der Waals surface area (Å²) in [4.78, 5) is 0. The van der Waals surface area contributed by atoms with Gasteiger partial charge in [-0.05, 0) is 46.9 Å². The molecule has 3 aromatic carbocycles. The summed E-state index contributed by atoms with van der Waals surface area (Å²) < 4.78 is 0. The van der Waals surface area contributed by atoms with E-state index in [1.165, 1.54) is 16.7 Å². The number of rotatable bonds is 4. The lowest BCUT2D eigenvalue weighted by Gasteiger charge is -2.21. The largest absolute Gasteiger partial charge is 0.356 e. The predicted molar refractivity (Wildman–Crippen MR) is 112 cm³/mol. The minimum atomic E-state index is 0.471. The van der Waals surface area contributed by atoms with Crippen molar-refractivity contribution >= 4 is 11.4 Å². The number of benzene rings is 3. The van der Waals surface area contributed by atoms with Gasteiger partial charge in [0.05, 0.1) is 0 Å². The maximum absolute atomic E-state index is 3.49. The molecule has 1 nitrogen and oxygen atoms in total. The number of hydrogen-bond acceptors (Lipinski definition) is 1. The highest BCUT2D eigenvalue weighted by molar-refractivity contribution is 5.68. The third-order valence-electron chi connectivity index (χ3n) is 4.99. The summed E-state index contributed by atoms with van der Waals surface area (Å²) in [5.41, 5.74) is 6.06. The highest BCUT2D eigenvalue weighted by Crippen LogP contribution is 2.31. The molecule has 1 aliphatic rings. The molecule has 0 aromatic heterocycles. The van der Waals surface area contributed by atoms with Gasteiger partial charge in [-0.3, -0.25) is 0 Å². The van der Waals surface area contributed by atoms with Crippen molar-refractivity contribution in [1.82, 2.24) is 0 Å². The molecule has 0 fully saturated rings. The normalized spacial score (nSPS) is 18.7. The molecular weight excluding hydrogens is 314 g/mol. The number of nitrogens with one attached hydrogen (secondary N) is 1. The Morgan fingerprint density at radius 1 is 0.615 bits per heavy atom. The molecule has 4 rings (SSSR count). The molecule has 0 saturated heterocycles. The Labute approximate surface area is 155 Å². The molecule has 2 atom stereocenters. The topological polar surface area (TPSA) is 12.0 Å². The molecule has 0 spiro atoms. The second-order valence-corrected chi connectivity index (χ2v) is 6.85. The summed E-state index contributed by atoms with van der Waals surface area (Å²) in [6.45, 7) is 2.27. The second-order valence-electron chi connectivity index (χ2n) is 6.85. The molecule has 2 unspecified atom stereocenters. The average Bonchev–Trinajstić information content (AvgIpc) is 2.70. The third-order valence-corrected chi connectivity index (χ3v) is 4.99. The van der Waals surface area contributed by atoms with Crippen molar-refractivity contribution in [2.24, 2.45) is 5.92 Å². The Bertz CT molecular complexity index is 903. The van der Waals surface area contributed by atoms with E-state index >= 15 is 0 Å². The van der Waals surface area contributed by atoms with Gasteiger partial charge in [-0.15, -0.1) is 0 Å². The molecule has 3 aromatic rings. The van der Waals surface area contributed by atoms with Gasteiger partial charge in [0.2, 0.25) is 0 Å². The van der Waals surface area contributed by atoms with E-state index in [0.717, 1.165) is 11.4 Å². The van der Waals surface area contributed by atoms with Gasteiger partial charge >= 0.3 is 0 Å². The number of allylic oxidation sites excluding steroid dienone is 4. The third kappa shape index (κ3) is 3.62. The van der Waals surface area contributed by atoms with Crippen LogP contribution in [-0.4, -0.2) is 0 Å². The monoisotopic (exact) mass is 337 g/mol. The molecule has 0 bridgehead atoms. The van der Waals surface area contributed by atoms with Crippen molar-refractivity contribution in [2.45, 2.75) is 12.8 Å². The van der Waals surface area contributed by atoms with Gasteiger partial charge < -0.3 is 5.32 Å². The van der Waals surface area contributed by atoms with Crippen molar-refractivity contribution in [3.63, 3.8) is 0 Å². The minimum absolute atomic E-state index is 0.471. The Hall–Kier alpha value is -3.06. The summed E-state index contributed by atoms with van der Waals surface area (Å²) >= 11 is 0. The first-order valence-electron chi connectivity index (χ1n) is 9.17. The molecule has 26 heavy (non-hydrogen) atoms. The molecule has 1 N–H and O–H groups in total. The highest BCUT2D eigenvalue weighted by atomic mass is 14.9. The molecule has 0 amide bonds. The first-order valence-corrected chi connectivity index (χ1v) is 9.17. The van der Waals surface area contributed by atoms with Crippen LogP contribution in [0.3, 0.4) is 0 Å². The van der Waals surface area contributed by atoms with Gasteiger partial charge in [-0.2, -0.15) is 0 Å². The van der Waals surface area contributed by atoms with Crippen molar-refractivity contribution in [2.75, 3.05) is 5.32 Å².